The molecule has 0 saturated carbocycles. The Labute approximate surface area is 89.5 Å². The van der Waals surface area contributed by atoms with Crippen molar-refractivity contribution in [3.05, 3.63) is 18.6 Å². The number of aromatic nitrogens is 2. The lowest BCUT2D eigenvalue weighted by Gasteiger charge is -2.20. The first-order chi connectivity index (χ1) is 7.15. The summed E-state index contributed by atoms with van der Waals surface area (Å²) in [5.41, 5.74) is 0. The van der Waals surface area contributed by atoms with E-state index in [1.165, 1.54) is 6.33 Å². The fraction of sp³-hybridized carbons (Fsp3) is 0.500. The molecule has 0 bridgehead atoms. The SMILES string of the molecule is CCN(C)C(=O)C(C)Nc1ccncn1. The summed E-state index contributed by atoms with van der Waals surface area (Å²) in [5, 5.41) is 3.01. The standard InChI is InChI=1S/C10H16N4O/c1-4-14(3)10(15)8(2)13-9-5-6-11-7-12-9/h5-8H,4H2,1-3H3,(H,11,12,13). The largest absolute Gasteiger partial charge is 0.359 e. The fourth-order valence-electron chi connectivity index (χ4n) is 1.15. The molecule has 0 saturated heterocycles. The first kappa shape index (κ1) is 11.4. The lowest BCUT2D eigenvalue weighted by molar-refractivity contribution is -0.130. The van der Waals surface area contributed by atoms with Crippen molar-refractivity contribution in [3.63, 3.8) is 0 Å². The molecule has 1 unspecified atom stereocenters. The summed E-state index contributed by atoms with van der Waals surface area (Å²) in [5.74, 6) is 0.714. The molecule has 0 aliphatic heterocycles. The van der Waals surface area contributed by atoms with E-state index < -0.39 is 0 Å². The van der Waals surface area contributed by atoms with Crippen molar-refractivity contribution in [2.24, 2.45) is 0 Å². The van der Waals surface area contributed by atoms with Gasteiger partial charge in [-0.3, -0.25) is 4.79 Å². The minimum atomic E-state index is -0.273. The van der Waals surface area contributed by atoms with Gasteiger partial charge in [0.2, 0.25) is 5.91 Å². The Bertz CT molecular complexity index is 314. The summed E-state index contributed by atoms with van der Waals surface area (Å²) in [6.07, 6.45) is 3.08. The van der Waals surface area contributed by atoms with Crippen molar-refractivity contribution in [2.45, 2.75) is 19.9 Å². The van der Waals surface area contributed by atoms with E-state index in [-0.39, 0.29) is 11.9 Å². The highest BCUT2D eigenvalue weighted by molar-refractivity contribution is 5.83. The van der Waals surface area contributed by atoms with Crippen LogP contribution in [0.15, 0.2) is 18.6 Å². The van der Waals surface area contributed by atoms with Crippen molar-refractivity contribution in [1.82, 2.24) is 14.9 Å². The number of hydrogen-bond donors (Lipinski definition) is 1. The molecule has 1 heterocycles. The molecule has 0 spiro atoms. The van der Waals surface area contributed by atoms with Crippen LogP contribution in [0, 0.1) is 0 Å². The van der Waals surface area contributed by atoms with Crippen LogP contribution in [0.3, 0.4) is 0 Å². The number of likely N-dealkylation sites (N-methyl/N-ethyl adjacent to an activating group) is 1. The van der Waals surface area contributed by atoms with Crippen LogP contribution in [0.1, 0.15) is 13.8 Å². The second-order valence-corrected chi connectivity index (χ2v) is 3.31. The van der Waals surface area contributed by atoms with Crippen LogP contribution in [-0.4, -0.2) is 40.4 Å². The van der Waals surface area contributed by atoms with E-state index in [1.807, 2.05) is 13.8 Å². The highest BCUT2D eigenvalue weighted by Crippen LogP contribution is 2.03. The number of nitrogens with one attached hydrogen (secondary N) is 1. The van der Waals surface area contributed by atoms with Gasteiger partial charge >= 0.3 is 0 Å². The fourth-order valence-corrected chi connectivity index (χ4v) is 1.15. The molecule has 1 aromatic heterocycles. The zero-order valence-corrected chi connectivity index (χ0v) is 9.27. The number of carbonyl (C=O) groups excluding carboxylic acids is 1. The predicted octanol–water partition coefficient (Wildman–Crippen LogP) is 0.755. The van der Waals surface area contributed by atoms with E-state index in [4.69, 9.17) is 0 Å². The monoisotopic (exact) mass is 208 g/mol. The quantitative estimate of drug-likeness (QED) is 0.793. The van der Waals surface area contributed by atoms with Gasteiger partial charge in [-0.25, -0.2) is 9.97 Å². The second-order valence-electron chi connectivity index (χ2n) is 3.31. The van der Waals surface area contributed by atoms with Gasteiger partial charge in [-0.1, -0.05) is 0 Å². The minimum Gasteiger partial charge on any atom is -0.359 e. The molecule has 5 nitrogen and oxygen atoms in total. The molecule has 82 valence electrons. The Morgan fingerprint density at radius 3 is 2.93 bits per heavy atom. The first-order valence-electron chi connectivity index (χ1n) is 4.92. The van der Waals surface area contributed by atoms with Crippen LogP contribution < -0.4 is 5.32 Å². The van der Waals surface area contributed by atoms with Crippen molar-refractivity contribution in [2.75, 3.05) is 18.9 Å². The maximum atomic E-state index is 11.7. The third-order valence-corrected chi connectivity index (χ3v) is 2.17. The minimum absolute atomic E-state index is 0.0520. The van der Waals surface area contributed by atoms with Crippen molar-refractivity contribution in [1.29, 1.82) is 0 Å². The molecule has 1 N–H and O–H groups in total. The summed E-state index contributed by atoms with van der Waals surface area (Å²) in [7, 11) is 1.78. The molecule has 1 atom stereocenters. The smallest absolute Gasteiger partial charge is 0.244 e. The van der Waals surface area contributed by atoms with Gasteiger partial charge in [-0.05, 0) is 19.9 Å². The molecule has 1 rings (SSSR count). The third kappa shape index (κ3) is 3.19. The zero-order chi connectivity index (χ0) is 11.3. The highest BCUT2D eigenvalue weighted by Gasteiger charge is 2.15. The van der Waals surface area contributed by atoms with Crippen molar-refractivity contribution >= 4 is 11.7 Å². The molecule has 1 aromatic rings. The van der Waals surface area contributed by atoms with Gasteiger partial charge in [0.1, 0.15) is 18.2 Å². The summed E-state index contributed by atoms with van der Waals surface area (Å²) < 4.78 is 0. The third-order valence-electron chi connectivity index (χ3n) is 2.17. The number of hydrogen-bond acceptors (Lipinski definition) is 4. The molecule has 5 heteroatoms. The van der Waals surface area contributed by atoms with Crippen LogP contribution in [-0.2, 0) is 4.79 Å². The predicted molar refractivity (Wildman–Crippen MR) is 58.4 cm³/mol. The molecule has 15 heavy (non-hydrogen) atoms. The Hall–Kier alpha value is -1.65. The van der Waals surface area contributed by atoms with Gasteiger partial charge in [0, 0.05) is 19.8 Å². The van der Waals surface area contributed by atoms with Gasteiger partial charge in [-0.2, -0.15) is 0 Å². The van der Waals surface area contributed by atoms with Crippen LogP contribution >= 0.6 is 0 Å². The summed E-state index contributed by atoms with van der Waals surface area (Å²) in [4.78, 5) is 21.2. The number of nitrogens with zero attached hydrogens (tertiary/aromatic N) is 3. The maximum absolute atomic E-state index is 11.7. The maximum Gasteiger partial charge on any atom is 0.244 e. The van der Waals surface area contributed by atoms with Crippen LogP contribution in [0.2, 0.25) is 0 Å². The van der Waals surface area contributed by atoms with Gasteiger partial charge in [0.05, 0.1) is 0 Å². The van der Waals surface area contributed by atoms with E-state index in [0.29, 0.717) is 12.4 Å². The number of anilines is 1. The molecule has 0 fully saturated rings. The number of rotatable bonds is 4. The lowest BCUT2D eigenvalue weighted by atomic mass is 10.3. The molecular weight excluding hydrogens is 192 g/mol. The lowest BCUT2D eigenvalue weighted by Crippen LogP contribution is -2.38. The van der Waals surface area contributed by atoms with E-state index in [9.17, 15) is 4.79 Å². The molecule has 0 radical (unpaired) electrons. The Morgan fingerprint density at radius 2 is 2.40 bits per heavy atom. The average Bonchev–Trinajstić information content (AvgIpc) is 2.28. The molecule has 0 aromatic carbocycles. The van der Waals surface area contributed by atoms with Gasteiger partial charge in [0.25, 0.3) is 0 Å². The molecule has 0 aliphatic rings. The Balaban J connectivity index is 2.56. The van der Waals surface area contributed by atoms with Crippen LogP contribution in [0.5, 0.6) is 0 Å². The van der Waals surface area contributed by atoms with Crippen LogP contribution in [0.4, 0.5) is 5.82 Å². The summed E-state index contributed by atoms with van der Waals surface area (Å²) >= 11 is 0. The molecule has 0 aliphatic carbocycles. The Kier molecular flexibility index (Phi) is 4.03. The summed E-state index contributed by atoms with van der Waals surface area (Å²) in [6, 6.07) is 1.46. The van der Waals surface area contributed by atoms with E-state index in [1.54, 1.807) is 24.2 Å². The average molecular weight is 208 g/mol. The highest BCUT2D eigenvalue weighted by atomic mass is 16.2. The normalized spacial score (nSPS) is 11.9. The van der Waals surface area contributed by atoms with Crippen molar-refractivity contribution < 1.29 is 4.79 Å². The summed E-state index contributed by atoms with van der Waals surface area (Å²) in [6.45, 7) is 4.46. The molecular formula is C10H16N4O. The van der Waals surface area contributed by atoms with E-state index in [2.05, 4.69) is 15.3 Å². The number of amides is 1. The second kappa shape index (κ2) is 5.29. The molecule has 1 amide bonds. The van der Waals surface area contributed by atoms with Crippen LogP contribution in [0.25, 0.3) is 0 Å². The van der Waals surface area contributed by atoms with Gasteiger partial charge in [-0.15, -0.1) is 0 Å². The van der Waals surface area contributed by atoms with Gasteiger partial charge < -0.3 is 10.2 Å². The zero-order valence-electron chi connectivity index (χ0n) is 9.27. The van der Waals surface area contributed by atoms with E-state index in [0.717, 1.165) is 0 Å². The van der Waals surface area contributed by atoms with E-state index >= 15 is 0 Å². The topological polar surface area (TPSA) is 58.1 Å². The Morgan fingerprint density at radius 1 is 1.67 bits per heavy atom. The number of carbonyl (C=O) groups is 1. The van der Waals surface area contributed by atoms with Crippen molar-refractivity contribution in [3.8, 4) is 0 Å². The first-order valence-corrected chi connectivity index (χ1v) is 4.92. The van der Waals surface area contributed by atoms with Gasteiger partial charge in [0.15, 0.2) is 0 Å².